The standard InChI is InChI=1S/C18H18N6O2/c25-18(13-7-9-19-10-8-13)21-14-5-6-17(26-15-3-1-2-4-15)16(11-14)24-12-20-22-23-24/h5-12,15H,1-4H2,(H,21,25). The highest BCUT2D eigenvalue weighted by molar-refractivity contribution is 6.04. The summed E-state index contributed by atoms with van der Waals surface area (Å²) in [6.45, 7) is 0. The average Bonchev–Trinajstić information content (AvgIpc) is 3.37. The van der Waals surface area contributed by atoms with Crippen LogP contribution in [0.5, 0.6) is 5.75 Å². The second kappa shape index (κ2) is 7.30. The van der Waals surface area contributed by atoms with Gasteiger partial charge < -0.3 is 10.1 Å². The Hall–Kier alpha value is -3.29. The van der Waals surface area contributed by atoms with Crippen molar-refractivity contribution in [2.45, 2.75) is 31.8 Å². The molecule has 8 heteroatoms. The van der Waals surface area contributed by atoms with Gasteiger partial charge in [0.05, 0.1) is 6.10 Å². The summed E-state index contributed by atoms with van der Waals surface area (Å²) in [7, 11) is 0. The summed E-state index contributed by atoms with van der Waals surface area (Å²) in [5, 5.41) is 14.2. The largest absolute Gasteiger partial charge is 0.488 e. The molecule has 0 atom stereocenters. The van der Waals surface area contributed by atoms with E-state index < -0.39 is 0 Å². The van der Waals surface area contributed by atoms with Crippen molar-refractivity contribution in [3.8, 4) is 11.4 Å². The van der Waals surface area contributed by atoms with Crippen LogP contribution in [-0.2, 0) is 0 Å². The second-order valence-corrected chi connectivity index (χ2v) is 6.15. The van der Waals surface area contributed by atoms with E-state index in [1.807, 2.05) is 12.1 Å². The number of hydrogen-bond donors (Lipinski definition) is 1. The highest BCUT2D eigenvalue weighted by Crippen LogP contribution is 2.30. The van der Waals surface area contributed by atoms with E-state index in [2.05, 4.69) is 25.8 Å². The van der Waals surface area contributed by atoms with E-state index in [9.17, 15) is 4.79 Å². The van der Waals surface area contributed by atoms with Crippen LogP contribution in [0.3, 0.4) is 0 Å². The molecule has 26 heavy (non-hydrogen) atoms. The van der Waals surface area contributed by atoms with Crippen LogP contribution in [0.15, 0.2) is 49.1 Å². The van der Waals surface area contributed by atoms with Crippen molar-refractivity contribution in [1.29, 1.82) is 0 Å². The average molecular weight is 350 g/mol. The molecule has 0 unspecified atom stereocenters. The van der Waals surface area contributed by atoms with E-state index in [0.29, 0.717) is 22.7 Å². The third-order valence-corrected chi connectivity index (χ3v) is 4.35. The summed E-state index contributed by atoms with van der Waals surface area (Å²) in [6, 6.07) is 8.79. The van der Waals surface area contributed by atoms with Crippen molar-refractivity contribution in [2.24, 2.45) is 0 Å². The number of nitrogens with zero attached hydrogens (tertiary/aromatic N) is 5. The van der Waals surface area contributed by atoms with Crippen molar-refractivity contribution in [2.75, 3.05) is 5.32 Å². The Kier molecular flexibility index (Phi) is 4.55. The first-order chi connectivity index (χ1) is 12.8. The minimum atomic E-state index is -0.209. The number of hydrogen-bond acceptors (Lipinski definition) is 6. The molecule has 1 fully saturated rings. The quantitative estimate of drug-likeness (QED) is 0.760. The molecule has 8 nitrogen and oxygen atoms in total. The van der Waals surface area contributed by atoms with Crippen molar-refractivity contribution in [3.05, 3.63) is 54.6 Å². The van der Waals surface area contributed by atoms with Crippen molar-refractivity contribution in [1.82, 2.24) is 25.2 Å². The Morgan fingerprint density at radius 2 is 1.96 bits per heavy atom. The number of pyridine rings is 1. The van der Waals surface area contributed by atoms with Gasteiger partial charge in [-0.25, -0.2) is 0 Å². The molecule has 2 aromatic heterocycles. The lowest BCUT2D eigenvalue weighted by atomic mass is 10.2. The Bertz CT molecular complexity index is 876. The number of amides is 1. The fourth-order valence-electron chi connectivity index (χ4n) is 3.04. The number of aromatic nitrogens is 5. The summed E-state index contributed by atoms with van der Waals surface area (Å²) in [6.07, 6.45) is 9.36. The maximum atomic E-state index is 12.4. The Morgan fingerprint density at radius 1 is 1.15 bits per heavy atom. The number of carbonyl (C=O) groups excluding carboxylic acids is 1. The molecule has 1 N–H and O–H groups in total. The van der Waals surface area contributed by atoms with Crippen LogP contribution in [0.2, 0.25) is 0 Å². The van der Waals surface area contributed by atoms with Gasteiger partial charge in [-0.05, 0) is 66.4 Å². The van der Waals surface area contributed by atoms with Gasteiger partial charge in [-0.15, -0.1) is 5.10 Å². The van der Waals surface area contributed by atoms with Crippen LogP contribution < -0.4 is 10.1 Å². The van der Waals surface area contributed by atoms with Crippen LogP contribution in [-0.4, -0.2) is 37.2 Å². The van der Waals surface area contributed by atoms with E-state index >= 15 is 0 Å². The zero-order chi connectivity index (χ0) is 17.8. The molecule has 0 aliphatic heterocycles. The van der Waals surface area contributed by atoms with Crippen LogP contribution in [0, 0.1) is 0 Å². The molecule has 1 aliphatic rings. The summed E-state index contributed by atoms with van der Waals surface area (Å²) < 4.78 is 7.67. The highest BCUT2D eigenvalue weighted by Gasteiger charge is 2.19. The topological polar surface area (TPSA) is 94.8 Å². The van der Waals surface area contributed by atoms with E-state index in [1.54, 1.807) is 30.6 Å². The lowest BCUT2D eigenvalue weighted by Crippen LogP contribution is -2.15. The number of benzene rings is 1. The fourth-order valence-corrected chi connectivity index (χ4v) is 3.04. The third kappa shape index (κ3) is 3.53. The van der Waals surface area contributed by atoms with Gasteiger partial charge in [-0.3, -0.25) is 9.78 Å². The lowest BCUT2D eigenvalue weighted by molar-refractivity contribution is 0.102. The maximum absolute atomic E-state index is 12.4. The third-order valence-electron chi connectivity index (χ3n) is 4.35. The Balaban J connectivity index is 1.60. The van der Waals surface area contributed by atoms with Crippen LogP contribution in [0.4, 0.5) is 5.69 Å². The monoisotopic (exact) mass is 350 g/mol. The van der Waals surface area contributed by atoms with E-state index in [-0.39, 0.29) is 12.0 Å². The SMILES string of the molecule is O=C(Nc1ccc(OC2CCCC2)c(-n2cnnn2)c1)c1ccncc1. The second-order valence-electron chi connectivity index (χ2n) is 6.15. The van der Waals surface area contributed by atoms with Crippen molar-refractivity contribution >= 4 is 11.6 Å². The molecule has 1 amide bonds. The first kappa shape index (κ1) is 16.2. The van der Waals surface area contributed by atoms with Gasteiger partial charge in [0, 0.05) is 23.6 Å². The summed E-state index contributed by atoms with van der Waals surface area (Å²) >= 11 is 0. The van der Waals surface area contributed by atoms with Crippen molar-refractivity contribution < 1.29 is 9.53 Å². The van der Waals surface area contributed by atoms with Crippen LogP contribution in [0.1, 0.15) is 36.0 Å². The molecule has 0 spiro atoms. The molecule has 2 heterocycles. The fraction of sp³-hybridized carbons (Fsp3) is 0.278. The molecule has 4 rings (SSSR count). The predicted octanol–water partition coefficient (Wildman–Crippen LogP) is 2.63. The molecule has 0 bridgehead atoms. The van der Waals surface area contributed by atoms with Crippen LogP contribution in [0.25, 0.3) is 5.69 Å². The minimum Gasteiger partial charge on any atom is -0.488 e. The molecule has 3 aromatic rings. The predicted molar refractivity (Wildman–Crippen MR) is 94.2 cm³/mol. The van der Waals surface area contributed by atoms with Gasteiger partial charge in [-0.1, -0.05) is 0 Å². The van der Waals surface area contributed by atoms with Gasteiger partial charge in [0.1, 0.15) is 17.8 Å². The minimum absolute atomic E-state index is 0.209. The lowest BCUT2D eigenvalue weighted by Gasteiger charge is -2.17. The smallest absolute Gasteiger partial charge is 0.255 e. The van der Waals surface area contributed by atoms with Gasteiger partial charge in [-0.2, -0.15) is 4.68 Å². The zero-order valence-electron chi connectivity index (χ0n) is 14.1. The molecule has 0 saturated heterocycles. The molecule has 1 aromatic carbocycles. The van der Waals surface area contributed by atoms with Gasteiger partial charge in [0.15, 0.2) is 0 Å². The molecule has 1 aliphatic carbocycles. The normalized spacial score (nSPS) is 14.3. The van der Waals surface area contributed by atoms with Gasteiger partial charge in [0.25, 0.3) is 5.91 Å². The maximum Gasteiger partial charge on any atom is 0.255 e. The van der Waals surface area contributed by atoms with Gasteiger partial charge in [0.2, 0.25) is 0 Å². The number of carbonyl (C=O) groups is 1. The van der Waals surface area contributed by atoms with E-state index in [1.165, 1.54) is 23.9 Å². The van der Waals surface area contributed by atoms with Gasteiger partial charge >= 0.3 is 0 Å². The van der Waals surface area contributed by atoms with E-state index in [4.69, 9.17) is 4.74 Å². The number of rotatable bonds is 5. The number of nitrogens with one attached hydrogen (secondary N) is 1. The van der Waals surface area contributed by atoms with Crippen molar-refractivity contribution in [3.63, 3.8) is 0 Å². The Morgan fingerprint density at radius 3 is 2.69 bits per heavy atom. The summed E-state index contributed by atoms with van der Waals surface area (Å²) in [4.78, 5) is 16.3. The Labute approximate surface area is 150 Å². The first-order valence-corrected chi connectivity index (χ1v) is 8.55. The number of anilines is 1. The summed E-state index contributed by atoms with van der Waals surface area (Å²) in [5.74, 6) is 0.491. The molecule has 1 saturated carbocycles. The van der Waals surface area contributed by atoms with E-state index in [0.717, 1.165) is 12.8 Å². The summed E-state index contributed by atoms with van der Waals surface area (Å²) in [5.41, 5.74) is 1.86. The number of tetrazole rings is 1. The molecular weight excluding hydrogens is 332 g/mol. The highest BCUT2D eigenvalue weighted by atomic mass is 16.5. The molecule has 132 valence electrons. The zero-order valence-corrected chi connectivity index (χ0v) is 14.1. The number of ether oxygens (including phenoxy) is 1. The van der Waals surface area contributed by atoms with Crippen LogP contribution >= 0.6 is 0 Å². The first-order valence-electron chi connectivity index (χ1n) is 8.55. The molecular formula is C18H18N6O2. The molecule has 0 radical (unpaired) electrons.